The lowest BCUT2D eigenvalue weighted by molar-refractivity contribution is 0.330. The minimum Gasteiger partial charge on any atom is -0.392 e. The van der Waals surface area contributed by atoms with Crippen molar-refractivity contribution < 1.29 is 5.11 Å². The van der Waals surface area contributed by atoms with Crippen LogP contribution in [0.25, 0.3) is 0 Å². The fourth-order valence-corrected chi connectivity index (χ4v) is 0.574. The fraction of sp³-hybridized carbons (Fsp3) is 0.750. The first kappa shape index (κ1) is 9.66. The normalized spacial score (nSPS) is 16.0. The molecule has 0 spiro atoms. The number of rotatable bonds is 3. The van der Waals surface area contributed by atoms with Crippen molar-refractivity contribution in [2.24, 2.45) is 11.7 Å². The van der Waals surface area contributed by atoms with E-state index in [-0.39, 0.29) is 12.6 Å². The summed E-state index contributed by atoms with van der Waals surface area (Å²) in [4.78, 5) is 0. The Labute approximate surface area is 62.7 Å². The highest BCUT2D eigenvalue weighted by Gasteiger charge is 2.02. The van der Waals surface area contributed by atoms with E-state index in [0.29, 0.717) is 5.92 Å². The van der Waals surface area contributed by atoms with E-state index in [1.54, 1.807) is 0 Å². The standard InChI is InChI=1S/C8H17NO/c1-6(2)8(9)4-7(3)5-10/h4,6,8,10H,5,9H2,1-3H3/b7-4+/t8-/m1/s1. The molecule has 0 heterocycles. The summed E-state index contributed by atoms with van der Waals surface area (Å²) in [5.41, 5.74) is 6.65. The molecule has 2 nitrogen and oxygen atoms in total. The molecule has 0 unspecified atom stereocenters. The highest BCUT2D eigenvalue weighted by Crippen LogP contribution is 2.02. The van der Waals surface area contributed by atoms with Crippen LogP contribution in [0.3, 0.4) is 0 Å². The van der Waals surface area contributed by atoms with Gasteiger partial charge in [-0.25, -0.2) is 0 Å². The Kier molecular flexibility index (Phi) is 4.32. The van der Waals surface area contributed by atoms with Gasteiger partial charge in [-0.05, 0) is 12.8 Å². The van der Waals surface area contributed by atoms with Gasteiger partial charge in [-0.2, -0.15) is 0 Å². The van der Waals surface area contributed by atoms with Gasteiger partial charge in [-0.15, -0.1) is 0 Å². The number of aliphatic hydroxyl groups excluding tert-OH is 1. The van der Waals surface area contributed by atoms with E-state index in [4.69, 9.17) is 10.8 Å². The van der Waals surface area contributed by atoms with E-state index in [2.05, 4.69) is 13.8 Å². The second-order valence-electron chi connectivity index (χ2n) is 2.99. The average Bonchev–Trinajstić information content (AvgIpc) is 1.87. The third kappa shape index (κ3) is 3.64. The van der Waals surface area contributed by atoms with Crippen molar-refractivity contribution in [3.8, 4) is 0 Å². The molecule has 2 heteroatoms. The van der Waals surface area contributed by atoms with Crippen molar-refractivity contribution in [3.05, 3.63) is 11.6 Å². The zero-order valence-electron chi connectivity index (χ0n) is 6.96. The molecule has 0 rings (SSSR count). The molecule has 0 bridgehead atoms. The number of hydrogen-bond donors (Lipinski definition) is 2. The van der Waals surface area contributed by atoms with E-state index in [1.165, 1.54) is 0 Å². The maximum absolute atomic E-state index is 8.64. The van der Waals surface area contributed by atoms with Gasteiger partial charge in [0.25, 0.3) is 0 Å². The van der Waals surface area contributed by atoms with Crippen molar-refractivity contribution in [2.75, 3.05) is 6.61 Å². The Morgan fingerprint density at radius 1 is 1.60 bits per heavy atom. The summed E-state index contributed by atoms with van der Waals surface area (Å²) >= 11 is 0. The largest absolute Gasteiger partial charge is 0.392 e. The number of aliphatic hydroxyl groups is 1. The van der Waals surface area contributed by atoms with Gasteiger partial charge in [0.15, 0.2) is 0 Å². The minimum atomic E-state index is 0.0761. The molecule has 0 aromatic carbocycles. The van der Waals surface area contributed by atoms with Crippen LogP contribution in [-0.2, 0) is 0 Å². The van der Waals surface area contributed by atoms with E-state index in [9.17, 15) is 0 Å². The molecular weight excluding hydrogens is 126 g/mol. The molecule has 60 valence electrons. The van der Waals surface area contributed by atoms with Crippen LogP contribution in [0.1, 0.15) is 20.8 Å². The molecule has 0 aliphatic carbocycles. The molecule has 10 heavy (non-hydrogen) atoms. The predicted molar refractivity (Wildman–Crippen MR) is 43.7 cm³/mol. The van der Waals surface area contributed by atoms with Gasteiger partial charge in [0.1, 0.15) is 0 Å². The van der Waals surface area contributed by atoms with Gasteiger partial charge in [0.2, 0.25) is 0 Å². The highest BCUT2D eigenvalue weighted by molar-refractivity contribution is 5.03. The molecule has 0 saturated carbocycles. The van der Waals surface area contributed by atoms with Crippen LogP contribution in [0.4, 0.5) is 0 Å². The van der Waals surface area contributed by atoms with E-state index in [0.717, 1.165) is 5.57 Å². The fourth-order valence-electron chi connectivity index (χ4n) is 0.574. The third-order valence-corrected chi connectivity index (χ3v) is 1.50. The molecule has 3 N–H and O–H groups in total. The Morgan fingerprint density at radius 3 is 2.40 bits per heavy atom. The van der Waals surface area contributed by atoms with Gasteiger partial charge in [0, 0.05) is 6.04 Å². The number of hydrogen-bond acceptors (Lipinski definition) is 2. The van der Waals surface area contributed by atoms with Crippen molar-refractivity contribution in [1.29, 1.82) is 0 Å². The number of nitrogens with two attached hydrogens (primary N) is 1. The van der Waals surface area contributed by atoms with Gasteiger partial charge in [-0.1, -0.05) is 25.5 Å². The first-order valence-electron chi connectivity index (χ1n) is 3.61. The lowest BCUT2D eigenvalue weighted by atomic mass is 10.0. The summed E-state index contributed by atoms with van der Waals surface area (Å²) in [6.07, 6.45) is 1.91. The summed E-state index contributed by atoms with van der Waals surface area (Å²) in [5, 5.41) is 8.64. The van der Waals surface area contributed by atoms with E-state index in [1.807, 2.05) is 13.0 Å². The lowest BCUT2D eigenvalue weighted by Gasteiger charge is -2.11. The Morgan fingerprint density at radius 2 is 2.10 bits per heavy atom. The van der Waals surface area contributed by atoms with Gasteiger partial charge in [-0.3, -0.25) is 0 Å². The second kappa shape index (κ2) is 4.47. The van der Waals surface area contributed by atoms with Crippen molar-refractivity contribution in [1.82, 2.24) is 0 Å². The van der Waals surface area contributed by atoms with Crippen LogP contribution in [0, 0.1) is 5.92 Å². The zero-order valence-corrected chi connectivity index (χ0v) is 6.96. The zero-order chi connectivity index (χ0) is 8.15. The molecule has 0 radical (unpaired) electrons. The molecule has 0 fully saturated rings. The van der Waals surface area contributed by atoms with Crippen LogP contribution >= 0.6 is 0 Å². The summed E-state index contributed by atoms with van der Waals surface area (Å²) < 4.78 is 0. The monoisotopic (exact) mass is 143 g/mol. The van der Waals surface area contributed by atoms with Crippen molar-refractivity contribution >= 4 is 0 Å². The Bertz CT molecular complexity index is 118. The maximum atomic E-state index is 8.64. The van der Waals surface area contributed by atoms with Crippen LogP contribution in [-0.4, -0.2) is 17.8 Å². The van der Waals surface area contributed by atoms with Crippen molar-refractivity contribution in [2.45, 2.75) is 26.8 Å². The SMILES string of the molecule is C/C(=C\[C@@H](N)C(C)C)CO. The first-order chi connectivity index (χ1) is 4.57. The van der Waals surface area contributed by atoms with Crippen molar-refractivity contribution in [3.63, 3.8) is 0 Å². The molecule has 0 aliphatic heterocycles. The quantitative estimate of drug-likeness (QED) is 0.577. The highest BCUT2D eigenvalue weighted by atomic mass is 16.3. The molecule has 0 aromatic heterocycles. The second-order valence-corrected chi connectivity index (χ2v) is 2.99. The molecule has 1 atom stereocenters. The van der Waals surface area contributed by atoms with Crippen LogP contribution < -0.4 is 5.73 Å². The van der Waals surface area contributed by atoms with Crippen LogP contribution in [0.2, 0.25) is 0 Å². The van der Waals surface area contributed by atoms with Crippen LogP contribution in [0.15, 0.2) is 11.6 Å². The average molecular weight is 143 g/mol. The molecule has 0 amide bonds. The summed E-state index contributed by atoms with van der Waals surface area (Å²) in [5.74, 6) is 0.446. The summed E-state index contributed by atoms with van der Waals surface area (Å²) in [6, 6.07) is 0.0761. The topological polar surface area (TPSA) is 46.2 Å². The summed E-state index contributed by atoms with van der Waals surface area (Å²) in [7, 11) is 0. The molecule has 0 aromatic rings. The molecule has 0 saturated heterocycles. The Hall–Kier alpha value is -0.340. The van der Waals surface area contributed by atoms with E-state index >= 15 is 0 Å². The van der Waals surface area contributed by atoms with Gasteiger partial charge < -0.3 is 10.8 Å². The van der Waals surface area contributed by atoms with Crippen LogP contribution in [0.5, 0.6) is 0 Å². The van der Waals surface area contributed by atoms with Gasteiger partial charge in [0.05, 0.1) is 6.61 Å². The van der Waals surface area contributed by atoms with Gasteiger partial charge >= 0.3 is 0 Å². The third-order valence-electron chi connectivity index (χ3n) is 1.50. The molecular formula is C8H17NO. The maximum Gasteiger partial charge on any atom is 0.0639 e. The smallest absolute Gasteiger partial charge is 0.0639 e. The minimum absolute atomic E-state index is 0.0761. The molecule has 0 aliphatic rings. The first-order valence-corrected chi connectivity index (χ1v) is 3.61. The lowest BCUT2D eigenvalue weighted by Crippen LogP contribution is -2.24. The predicted octanol–water partition coefficient (Wildman–Crippen LogP) is 0.908. The summed E-state index contributed by atoms with van der Waals surface area (Å²) in [6.45, 7) is 6.11. The van der Waals surface area contributed by atoms with E-state index < -0.39 is 0 Å². The Balaban J connectivity index is 3.86.